The van der Waals surface area contributed by atoms with Crippen LogP contribution in [0.15, 0.2) is 152 Å². The summed E-state index contributed by atoms with van der Waals surface area (Å²) in [5, 5.41) is 1.16. The van der Waals surface area contributed by atoms with Crippen LogP contribution in [-0.2, 0) is 6.42 Å². The molecule has 3 aliphatic rings. The van der Waals surface area contributed by atoms with Crippen molar-refractivity contribution in [1.29, 1.82) is 0 Å². The predicted molar refractivity (Wildman–Crippen MR) is 208 cm³/mol. The van der Waals surface area contributed by atoms with Gasteiger partial charge < -0.3 is 0 Å². The third kappa shape index (κ3) is 4.97. The highest BCUT2D eigenvalue weighted by Gasteiger charge is 2.33. The zero-order valence-electron chi connectivity index (χ0n) is 27.7. The van der Waals surface area contributed by atoms with E-state index < -0.39 is 0 Å². The van der Waals surface area contributed by atoms with Gasteiger partial charge in [0.25, 0.3) is 0 Å². The molecule has 0 saturated carbocycles. The molecule has 1 aromatic heterocycles. The molecular formula is C48H37N. The molecule has 2 unspecified atom stereocenters. The molecule has 0 fully saturated rings. The summed E-state index contributed by atoms with van der Waals surface area (Å²) in [6.07, 6.45) is 20.1. The molecule has 0 amide bonds. The predicted octanol–water partition coefficient (Wildman–Crippen LogP) is 12.5. The molecule has 1 heterocycles. The Labute approximate surface area is 289 Å². The summed E-state index contributed by atoms with van der Waals surface area (Å²) >= 11 is 0. The molecule has 0 bridgehead atoms. The smallest absolute Gasteiger partial charge is 0.0744 e. The Balaban J connectivity index is 1.12. The first-order valence-electron chi connectivity index (χ1n) is 17.4. The van der Waals surface area contributed by atoms with Crippen LogP contribution in [0.5, 0.6) is 0 Å². The minimum Gasteiger partial charge on any atom is -0.247 e. The van der Waals surface area contributed by atoms with Crippen molar-refractivity contribution < 1.29 is 0 Å². The maximum Gasteiger partial charge on any atom is 0.0744 e. The molecular weight excluding hydrogens is 591 g/mol. The van der Waals surface area contributed by atoms with Gasteiger partial charge in [0.15, 0.2) is 0 Å². The number of hydrogen-bond donors (Lipinski definition) is 0. The number of hydrogen-bond acceptors (Lipinski definition) is 1. The third-order valence-corrected chi connectivity index (χ3v) is 10.7. The van der Waals surface area contributed by atoms with Crippen LogP contribution >= 0.6 is 0 Å². The molecule has 1 heteroatoms. The molecule has 0 radical (unpaired) electrons. The van der Waals surface area contributed by atoms with Crippen LogP contribution in [0.4, 0.5) is 0 Å². The Kier molecular flexibility index (Phi) is 7.20. The van der Waals surface area contributed by atoms with Gasteiger partial charge in [-0.05, 0) is 98.7 Å². The van der Waals surface area contributed by atoms with Crippen molar-refractivity contribution in [2.45, 2.75) is 31.6 Å². The first kappa shape index (κ1) is 29.4. The molecule has 0 saturated heterocycles. The van der Waals surface area contributed by atoms with Crippen molar-refractivity contribution >= 4 is 28.6 Å². The summed E-state index contributed by atoms with van der Waals surface area (Å²) in [6, 6.07) is 40.2. The molecule has 2 atom stereocenters. The number of benzene rings is 5. The molecule has 234 valence electrons. The van der Waals surface area contributed by atoms with E-state index >= 15 is 0 Å². The molecule has 6 aromatic rings. The molecule has 3 aliphatic carbocycles. The van der Waals surface area contributed by atoms with Gasteiger partial charge in [-0.2, -0.15) is 0 Å². The number of allylic oxidation sites excluding steroid dienone is 7. The zero-order chi connectivity index (χ0) is 32.9. The standard InChI is InChI=1S/C48H37N/c1-3-4-12-32-19-20-34-23-28-47(49-48(34)31(32)2)36-22-25-44-43-24-21-35(29-45(43)41-17-10-11-18-42(41)46(44)30-36)38-27-26-37(33-13-6-5-7-14-33)39-15-8-9-16-40(38)39/h3-7,9-14,16-30,43,45H,1,8,15H2,2H3/b12-4-. The molecule has 0 N–H and O–H groups in total. The van der Waals surface area contributed by atoms with E-state index in [4.69, 9.17) is 4.98 Å². The second-order valence-electron chi connectivity index (χ2n) is 13.4. The quantitative estimate of drug-likeness (QED) is 0.173. The van der Waals surface area contributed by atoms with Crippen LogP contribution in [0.3, 0.4) is 0 Å². The van der Waals surface area contributed by atoms with E-state index in [1.54, 1.807) is 0 Å². The van der Waals surface area contributed by atoms with E-state index in [1.807, 2.05) is 12.2 Å². The van der Waals surface area contributed by atoms with E-state index in [1.165, 1.54) is 66.8 Å². The molecule has 0 aliphatic heterocycles. The minimum absolute atomic E-state index is 0.273. The van der Waals surface area contributed by atoms with Crippen LogP contribution in [0, 0.1) is 6.92 Å². The second-order valence-corrected chi connectivity index (χ2v) is 13.4. The van der Waals surface area contributed by atoms with Crippen LogP contribution in [0.2, 0.25) is 0 Å². The van der Waals surface area contributed by atoms with Gasteiger partial charge in [0.1, 0.15) is 0 Å². The van der Waals surface area contributed by atoms with E-state index in [0.29, 0.717) is 0 Å². The van der Waals surface area contributed by atoms with Crippen molar-refractivity contribution in [2.24, 2.45) is 0 Å². The number of pyridine rings is 1. The largest absolute Gasteiger partial charge is 0.247 e. The van der Waals surface area contributed by atoms with Gasteiger partial charge in [0.05, 0.1) is 11.2 Å². The summed E-state index contributed by atoms with van der Waals surface area (Å²) < 4.78 is 0. The van der Waals surface area contributed by atoms with E-state index in [0.717, 1.165) is 35.0 Å². The highest BCUT2D eigenvalue weighted by atomic mass is 14.7. The van der Waals surface area contributed by atoms with Gasteiger partial charge in [0.2, 0.25) is 0 Å². The lowest BCUT2D eigenvalue weighted by molar-refractivity contribution is 0.722. The Bertz CT molecular complexity index is 2420. The average Bonchev–Trinajstić information content (AvgIpc) is 3.17. The highest BCUT2D eigenvalue weighted by Crippen LogP contribution is 2.52. The summed E-state index contributed by atoms with van der Waals surface area (Å²) in [5.41, 5.74) is 19.1. The Morgan fingerprint density at radius 3 is 2.43 bits per heavy atom. The summed E-state index contributed by atoms with van der Waals surface area (Å²) in [7, 11) is 0. The number of rotatable bonds is 5. The first-order chi connectivity index (χ1) is 24.2. The Morgan fingerprint density at radius 2 is 1.53 bits per heavy atom. The van der Waals surface area contributed by atoms with E-state index in [-0.39, 0.29) is 11.8 Å². The van der Waals surface area contributed by atoms with Crippen molar-refractivity contribution in [3.05, 3.63) is 191 Å². The van der Waals surface area contributed by atoms with Crippen LogP contribution in [0.1, 0.15) is 57.2 Å². The van der Waals surface area contributed by atoms with E-state index in [9.17, 15) is 0 Å². The first-order valence-corrected chi connectivity index (χ1v) is 17.4. The zero-order valence-corrected chi connectivity index (χ0v) is 27.7. The van der Waals surface area contributed by atoms with Gasteiger partial charge in [0, 0.05) is 22.8 Å². The summed E-state index contributed by atoms with van der Waals surface area (Å²) in [4.78, 5) is 5.22. The van der Waals surface area contributed by atoms with Crippen LogP contribution in [0.25, 0.3) is 62.1 Å². The van der Waals surface area contributed by atoms with Gasteiger partial charge >= 0.3 is 0 Å². The lowest BCUT2D eigenvalue weighted by Gasteiger charge is -2.35. The Morgan fingerprint density at radius 1 is 0.714 bits per heavy atom. The fraction of sp³-hybridized carbons (Fsp3) is 0.104. The molecule has 49 heavy (non-hydrogen) atoms. The van der Waals surface area contributed by atoms with Crippen molar-refractivity contribution in [1.82, 2.24) is 4.98 Å². The van der Waals surface area contributed by atoms with Gasteiger partial charge in [-0.25, -0.2) is 4.98 Å². The lowest BCUT2D eigenvalue weighted by Crippen LogP contribution is -2.17. The van der Waals surface area contributed by atoms with Gasteiger partial charge in [-0.15, -0.1) is 0 Å². The van der Waals surface area contributed by atoms with Crippen molar-refractivity contribution in [3.63, 3.8) is 0 Å². The monoisotopic (exact) mass is 627 g/mol. The SMILES string of the molecule is C=C/C=C\c1ccc2ccc(-c3ccc4c(c3)-c3ccccc3C3C=C(c5ccc(-c6ccccc6)c6c5C=CCC6)C=CC43)nc2c1C. The molecule has 9 rings (SSSR count). The topological polar surface area (TPSA) is 12.9 Å². The van der Waals surface area contributed by atoms with Gasteiger partial charge in [-0.3, -0.25) is 0 Å². The lowest BCUT2D eigenvalue weighted by atomic mass is 9.68. The normalized spacial score (nSPS) is 17.3. The average molecular weight is 628 g/mol. The maximum absolute atomic E-state index is 5.22. The van der Waals surface area contributed by atoms with Crippen molar-refractivity contribution in [2.75, 3.05) is 0 Å². The Hall–Kier alpha value is -5.79. The number of aromatic nitrogens is 1. The van der Waals surface area contributed by atoms with E-state index in [2.05, 4.69) is 159 Å². The summed E-state index contributed by atoms with van der Waals surface area (Å²) in [5.74, 6) is 0.554. The molecule has 5 aromatic carbocycles. The maximum atomic E-state index is 5.22. The van der Waals surface area contributed by atoms with Crippen molar-refractivity contribution in [3.8, 4) is 33.5 Å². The molecule has 0 spiro atoms. The summed E-state index contributed by atoms with van der Waals surface area (Å²) in [6.45, 7) is 5.99. The third-order valence-electron chi connectivity index (χ3n) is 10.7. The number of fused-ring (bicyclic) bond motifs is 8. The second kappa shape index (κ2) is 12.0. The minimum atomic E-state index is 0.273. The van der Waals surface area contributed by atoms with Gasteiger partial charge in [-0.1, -0.05) is 152 Å². The number of nitrogens with zero attached hydrogens (tertiary/aromatic N) is 1. The molecule has 1 nitrogen and oxygen atoms in total. The number of aryl methyl sites for hydroxylation is 1. The fourth-order valence-electron chi connectivity index (χ4n) is 8.26. The highest BCUT2D eigenvalue weighted by molar-refractivity contribution is 5.90. The van der Waals surface area contributed by atoms with Crippen LogP contribution < -0.4 is 0 Å². The fourth-order valence-corrected chi connectivity index (χ4v) is 8.26. The van der Waals surface area contributed by atoms with Crippen LogP contribution in [-0.4, -0.2) is 4.98 Å².